The van der Waals surface area contributed by atoms with E-state index in [4.69, 9.17) is 14.9 Å². The second-order valence-electron chi connectivity index (χ2n) is 7.06. The van der Waals surface area contributed by atoms with Crippen molar-refractivity contribution in [2.45, 2.75) is 38.9 Å². The predicted molar refractivity (Wildman–Crippen MR) is 112 cm³/mol. The lowest BCUT2D eigenvalue weighted by molar-refractivity contribution is -0.146. The summed E-state index contributed by atoms with van der Waals surface area (Å²) in [5.74, 6) is 0.487. The van der Waals surface area contributed by atoms with Crippen molar-refractivity contribution in [3.05, 3.63) is 48.4 Å². The van der Waals surface area contributed by atoms with Gasteiger partial charge in [0.05, 0.1) is 19.9 Å². The second-order valence-corrected chi connectivity index (χ2v) is 7.06. The molecular formula is C20H25N7O4. The molecule has 0 fully saturated rings. The van der Waals surface area contributed by atoms with E-state index in [-0.39, 0.29) is 30.9 Å². The fourth-order valence-electron chi connectivity index (χ4n) is 3.05. The van der Waals surface area contributed by atoms with E-state index in [1.165, 1.54) is 15.8 Å². The Morgan fingerprint density at radius 3 is 2.58 bits per heavy atom. The first-order chi connectivity index (χ1) is 14.9. The summed E-state index contributed by atoms with van der Waals surface area (Å²) in [7, 11) is 1.57. The van der Waals surface area contributed by atoms with Crippen molar-refractivity contribution >= 4 is 23.5 Å². The van der Waals surface area contributed by atoms with E-state index >= 15 is 0 Å². The summed E-state index contributed by atoms with van der Waals surface area (Å²) in [6.45, 7) is 3.41. The highest BCUT2D eigenvalue weighted by Crippen LogP contribution is 2.26. The Bertz CT molecular complexity index is 1020. The number of rotatable bonds is 9. The van der Waals surface area contributed by atoms with Gasteiger partial charge in [0, 0.05) is 5.69 Å². The summed E-state index contributed by atoms with van der Waals surface area (Å²) in [6.07, 6.45) is 1.87. The SMILES string of the molecule is CCC(C)(C(=O)Nc1ccc(OC)cc1)N(Cc1ccco1)C(=O)Cn1nnnc1N. The number of anilines is 2. The number of ether oxygens (including phenoxy) is 1. The van der Waals surface area contributed by atoms with Crippen LogP contribution in [0.5, 0.6) is 5.75 Å². The van der Waals surface area contributed by atoms with Gasteiger partial charge in [0.2, 0.25) is 17.8 Å². The van der Waals surface area contributed by atoms with Crippen molar-refractivity contribution in [3.63, 3.8) is 0 Å². The Balaban J connectivity index is 1.87. The Labute approximate surface area is 179 Å². The van der Waals surface area contributed by atoms with Crippen LogP contribution in [0, 0.1) is 0 Å². The fourth-order valence-corrected chi connectivity index (χ4v) is 3.05. The predicted octanol–water partition coefficient (Wildman–Crippen LogP) is 1.69. The first-order valence-electron chi connectivity index (χ1n) is 9.67. The molecule has 0 aliphatic rings. The standard InChI is InChI=1S/C20H25N7O4/c1-4-20(2,18(29)22-14-7-9-15(30-3)10-8-14)26(12-16-6-5-11-31-16)17(28)13-27-19(21)23-24-25-27/h5-11H,4,12-13H2,1-3H3,(H,22,29)(H2,21,23,25). The van der Waals surface area contributed by atoms with Gasteiger partial charge in [0.25, 0.3) is 0 Å². The Morgan fingerprint density at radius 2 is 2.03 bits per heavy atom. The third-order valence-corrected chi connectivity index (χ3v) is 5.16. The van der Waals surface area contributed by atoms with Crippen LogP contribution < -0.4 is 15.8 Å². The summed E-state index contributed by atoms with van der Waals surface area (Å²) in [5.41, 5.74) is 5.10. The molecule has 3 rings (SSSR count). The largest absolute Gasteiger partial charge is 0.497 e. The Kier molecular flexibility index (Phi) is 6.53. The van der Waals surface area contributed by atoms with Crippen molar-refractivity contribution < 1.29 is 18.7 Å². The van der Waals surface area contributed by atoms with Crippen LogP contribution in [0.4, 0.5) is 11.6 Å². The van der Waals surface area contributed by atoms with Gasteiger partial charge >= 0.3 is 0 Å². The zero-order valence-electron chi connectivity index (χ0n) is 17.6. The average Bonchev–Trinajstić information content (AvgIpc) is 3.43. The molecule has 1 atom stereocenters. The molecule has 1 unspecified atom stereocenters. The van der Waals surface area contributed by atoms with Gasteiger partial charge in [0.15, 0.2) is 0 Å². The molecule has 11 nitrogen and oxygen atoms in total. The number of nitrogen functional groups attached to an aromatic ring is 1. The third kappa shape index (κ3) is 4.82. The second kappa shape index (κ2) is 9.28. The van der Waals surface area contributed by atoms with Crippen LogP contribution in [0.3, 0.4) is 0 Å². The molecule has 0 aliphatic carbocycles. The number of furan rings is 1. The minimum atomic E-state index is -1.19. The van der Waals surface area contributed by atoms with Crippen LogP contribution in [0.2, 0.25) is 0 Å². The number of nitrogens with zero attached hydrogens (tertiary/aromatic N) is 5. The van der Waals surface area contributed by atoms with E-state index in [2.05, 4.69) is 20.8 Å². The zero-order chi connectivity index (χ0) is 22.4. The average molecular weight is 427 g/mol. The molecule has 0 saturated carbocycles. The van der Waals surface area contributed by atoms with Gasteiger partial charge in [0.1, 0.15) is 23.6 Å². The van der Waals surface area contributed by atoms with Crippen molar-refractivity contribution in [1.82, 2.24) is 25.1 Å². The summed E-state index contributed by atoms with van der Waals surface area (Å²) < 4.78 is 11.7. The van der Waals surface area contributed by atoms with E-state index < -0.39 is 5.54 Å². The van der Waals surface area contributed by atoms with Crippen LogP contribution >= 0.6 is 0 Å². The van der Waals surface area contributed by atoms with Crippen LogP contribution in [0.15, 0.2) is 47.1 Å². The van der Waals surface area contributed by atoms with E-state index in [0.717, 1.165) is 0 Å². The van der Waals surface area contributed by atoms with E-state index in [1.54, 1.807) is 50.4 Å². The zero-order valence-corrected chi connectivity index (χ0v) is 17.6. The van der Waals surface area contributed by atoms with E-state index in [9.17, 15) is 9.59 Å². The molecule has 0 spiro atoms. The first kappa shape index (κ1) is 21.8. The fraction of sp³-hybridized carbons (Fsp3) is 0.350. The number of amides is 2. The minimum Gasteiger partial charge on any atom is -0.497 e. The minimum absolute atomic E-state index is 0.00665. The molecule has 2 amide bonds. The number of benzene rings is 1. The van der Waals surface area contributed by atoms with Crippen molar-refractivity contribution in [2.75, 3.05) is 18.2 Å². The van der Waals surface area contributed by atoms with Gasteiger partial charge in [-0.2, -0.15) is 0 Å². The molecule has 3 N–H and O–H groups in total. The summed E-state index contributed by atoms with van der Waals surface area (Å²) in [5, 5.41) is 13.6. The van der Waals surface area contributed by atoms with Crippen molar-refractivity contribution in [1.29, 1.82) is 0 Å². The van der Waals surface area contributed by atoms with Crippen LogP contribution in [-0.4, -0.2) is 49.6 Å². The molecule has 0 radical (unpaired) electrons. The molecule has 0 saturated heterocycles. The molecule has 11 heteroatoms. The number of carbonyl (C=O) groups excluding carboxylic acids is 2. The summed E-state index contributed by atoms with van der Waals surface area (Å²) in [6, 6.07) is 10.4. The van der Waals surface area contributed by atoms with Crippen molar-refractivity contribution in [3.8, 4) is 5.75 Å². The quantitative estimate of drug-likeness (QED) is 0.525. The maximum Gasteiger partial charge on any atom is 0.250 e. The van der Waals surface area contributed by atoms with Crippen LogP contribution in [0.1, 0.15) is 26.0 Å². The van der Waals surface area contributed by atoms with Gasteiger partial charge in [-0.15, -0.1) is 0 Å². The lowest BCUT2D eigenvalue weighted by Crippen LogP contribution is -2.57. The highest BCUT2D eigenvalue weighted by atomic mass is 16.5. The number of tetrazole rings is 1. The van der Waals surface area contributed by atoms with Crippen molar-refractivity contribution in [2.24, 2.45) is 0 Å². The lowest BCUT2D eigenvalue weighted by atomic mass is 9.94. The summed E-state index contributed by atoms with van der Waals surface area (Å²) in [4.78, 5) is 28.0. The number of hydrogen-bond donors (Lipinski definition) is 2. The molecule has 31 heavy (non-hydrogen) atoms. The third-order valence-electron chi connectivity index (χ3n) is 5.16. The monoisotopic (exact) mass is 427 g/mol. The number of nitrogens with two attached hydrogens (primary N) is 1. The molecule has 0 aliphatic heterocycles. The smallest absolute Gasteiger partial charge is 0.250 e. The maximum atomic E-state index is 13.3. The maximum absolute atomic E-state index is 13.3. The van der Waals surface area contributed by atoms with Gasteiger partial charge in [-0.25, -0.2) is 4.68 Å². The number of aromatic nitrogens is 4. The summed E-state index contributed by atoms with van der Waals surface area (Å²) >= 11 is 0. The van der Waals surface area contributed by atoms with Gasteiger partial charge in [-0.05, 0) is 60.2 Å². The number of nitrogens with one attached hydrogen (secondary N) is 1. The molecule has 2 heterocycles. The topological polar surface area (TPSA) is 141 Å². The van der Waals surface area contributed by atoms with E-state index in [1.807, 2.05) is 6.92 Å². The van der Waals surface area contributed by atoms with E-state index in [0.29, 0.717) is 23.6 Å². The van der Waals surface area contributed by atoms with Gasteiger partial charge < -0.3 is 25.1 Å². The Morgan fingerprint density at radius 1 is 1.29 bits per heavy atom. The molecule has 3 aromatic rings. The number of carbonyl (C=O) groups is 2. The first-order valence-corrected chi connectivity index (χ1v) is 9.67. The normalized spacial score (nSPS) is 12.7. The van der Waals surface area contributed by atoms with Crippen LogP contribution in [0.25, 0.3) is 0 Å². The molecule has 0 bridgehead atoms. The molecule has 1 aromatic carbocycles. The number of methoxy groups -OCH3 is 1. The number of hydrogen-bond acceptors (Lipinski definition) is 8. The van der Waals surface area contributed by atoms with Gasteiger partial charge in [-0.1, -0.05) is 12.0 Å². The Hall–Kier alpha value is -3.89. The van der Waals surface area contributed by atoms with Gasteiger partial charge in [-0.3, -0.25) is 9.59 Å². The molecular weight excluding hydrogens is 402 g/mol. The molecule has 2 aromatic heterocycles. The van der Waals surface area contributed by atoms with Crippen LogP contribution in [-0.2, 0) is 22.7 Å². The lowest BCUT2D eigenvalue weighted by Gasteiger charge is -2.39. The highest BCUT2D eigenvalue weighted by Gasteiger charge is 2.41. The molecule has 164 valence electrons. The highest BCUT2D eigenvalue weighted by molar-refractivity contribution is 6.00.